The van der Waals surface area contributed by atoms with Crippen LogP contribution in [0.2, 0.25) is 0 Å². The summed E-state index contributed by atoms with van der Waals surface area (Å²) in [6.07, 6.45) is 0. The summed E-state index contributed by atoms with van der Waals surface area (Å²) in [4.78, 5) is 17.5. The molecule has 0 spiro atoms. The number of fused-ring (bicyclic) bond motifs is 1. The molecular formula is C29H33N3O3. The van der Waals surface area contributed by atoms with Crippen molar-refractivity contribution >= 4 is 16.9 Å². The fraction of sp³-hybridized carbons (Fsp3) is 0.310. The highest BCUT2D eigenvalue weighted by Crippen LogP contribution is 2.23. The number of imidazole rings is 1. The zero-order valence-electron chi connectivity index (χ0n) is 21.1. The molecule has 0 saturated carbocycles. The maximum Gasteiger partial charge on any atom is 0.258 e. The number of para-hydroxylation sites is 2. The van der Waals surface area contributed by atoms with Crippen LogP contribution in [-0.2, 0) is 11.3 Å². The number of carbonyl (C=O) groups is 1. The molecule has 4 rings (SSSR count). The molecule has 1 N–H and O–H groups in total. The molecule has 6 nitrogen and oxygen atoms in total. The summed E-state index contributed by atoms with van der Waals surface area (Å²) in [6.45, 7) is 11.1. The summed E-state index contributed by atoms with van der Waals surface area (Å²) in [7, 11) is 0. The number of carbonyl (C=O) groups excluding carboxylic acids is 1. The quantitative estimate of drug-likeness (QED) is 0.345. The second-order valence-corrected chi connectivity index (χ2v) is 9.07. The predicted octanol–water partition coefficient (Wildman–Crippen LogP) is 5.61. The molecule has 1 heterocycles. The lowest BCUT2D eigenvalue weighted by Gasteiger charge is -2.17. The highest BCUT2D eigenvalue weighted by atomic mass is 16.5. The average molecular weight is 472 g/mol. The lowest BCUT2D eigenvalue weighted by Crippen LogP contribution is -2.33. The van der Waals surface area contributed by atoms with Crippen molar-refractivity contribution in [1.29, 1.82) is 0 Å². The summed E-state index contributed by atoms with van der Waals surface area (Å²) in [5, 5.41) is 3.04. The van der Waals surface area contributed by atoms with Crippen LogP contribution in [0.1, 0.15) is 41.0 Å². The molecule has 0 aliphatic carbocycles. The predicted molar refractivity (Wildman–Crippen MR) is 139 cm³/mol. The van der Waals surface area contributed by atoms with E-state index in [1.54, 1.807) is 0 Å². The number of hydrogen-bond donors (Lipinski definition) is 1. The van der Waals surface area contributed by atoms with Crippen LogP contribution < -0.4 is 14.8 Å². The van der Waals surface area contributed by atoms with E-state index in [1.165, 1.54) is 5.56 Å². The van der Waals surface area contributed by atoms with Crippen LogP contribution in [0, 0.1) is 27.7 Å². The van der Waals surface area contributed by atoms with Crippen molar-refractivity contribution in [2.75, 3.05) is 13.2 Å². The molecule has 6 heteroatoms. The van der Waals surface area contributed by atoms with Crippen molar-refractivity contribution in [3.05, 3.63) is 88.7 Å². The van der Waals surface area contributed by atoms with Crippen LogP contribution in [0.15, 0.2) is 60.7 Å². The summed E-state index contributed by atoms with van der Waals surface area (Å²) < 4.78 is 14.0. The first-order chi connectivity index (χ1) is 16.8. The van der Waals surface area contributed by atoms with E-state index in [0.717, 1.165) is 45.0 Å². The fourth-order valence-corrected chi connectivity index (χ4v) is 4.22. The highest BCUT2D eigenvalue weighted by Gasteiger charge is 2.19. The summed E-state index contributed by atoms with van der Waals surface area (Å²) in [5.74, 6) is 2.20. The van der Waals surface area contributed by atoms with Gasteiger partial charge in [-0.3, -0.25) is 4.79 Å². The van der Waals surface area contributed by atoms with Crippen LogP contribution in [-0.4, -0.2) is 28.7 Å². The molecule has 35 heavy (non-hydrogen) atoms. The monoisotopic (exact) mass is 471 g/mol. The van der Waals surface area contributed by atoms with Crippen LogP contribution in [0.3, 0.4) is 0 Å². The fourth-order valence-electron chi connectivity index (χ4n) is 4.22. The van der Waals surface area contributed by atoms with Gasteiger partial charge in [0.2, 0.25) is 0 Å². The van der Waals surface area contributed by atoms with Crippen molar-refractivity contribution < 1.29 is 14.3 Å². The third-order valence-corrected chi connectivity index (χ3v) is 6.05. The number of nitrogens with zero attached hydrogens (tertiary/aromatic N) is 2. The van der Waals surface area contributed by atoms with Gasteiger partial charge in [-0.25, -0.2) is 4.98 Å². The smallest absolute Gasteiger partial charge is 0.258 e. The molecule has 0 saturated heterocycles. The van der Waals surface area contributed by atoms with E-state index in [4.69, 9.17) is 14.5 Å². The van der Waals surface area contributed by atoms with Crippen molar-refractivity contribution in [3.63, 3.8) is 0 Å². The Bertz CT molecular complexity index is 1340. The van der Waals surface area contributed by atoms with Crippen LogP contribution >= 0.6 is 0 Å². The van der Waals surface area contributed by atoms with Crippen LogP contribution in [0.4, 0.5) is 0 Å². The van der Waals surface area contributed by atoms with Crippen LogP contribution in [0.5, 0.6) is 11.5 Å². The number of aryl methyl sites for hydroxylation is 4. The van der Waals surface area contributed by atoms with Gasteiger partial charge in [-0.05, 0) is 75.6 Å². The molecule has 1 atom stereocenters. The molecule has 1 unspecified atom stereocenters. The van der Waals surface area contributed by atoms with E-state index in [1.807, 2.05) is 69.3 Å². The maximum absolute atomic E-state index is 12.7. The molecule has 0 aliphatic heterocycles. The van der Waals surface area contributed by atoms with Crippen molar-refractivity contribution in [2.45, 2.75) is 47.2 Å². The van der Waals surface area contributed by atoms with Gasteiger partial charge >= 0.3 is 0 Å². The third kappa shape index (κ3) is 5.83. The molecule has 1 amide bonds. The Morgan fingerprint density at radius 2 is 1.66 bits per heavy atom. The molecule has 0 bridgehead atoms. The summed E-state index contributed by atoms with van der Waals surface area (Å²) in [5.41, 5.74) is 6.33. The number of benzene rings is 3. The summed E-state index contributed by atoms with van der Waals surface area (Å²) >= 11 is 0. The Hall–Kier alpha value is -3.80. The second kappa shape index (κ2) is 10.6. The third-order valence-electron chi connectivity index (χ3n) is 6.05. The van der Waals surface area contributed by atoms with Crippen LogP contribution in [0.25, 0.3) is 11.0 Å². The normalized spacial score (nSPS) is 11.9. The molecule has 4 aromatic rings. The standard InChI is InChI=1S/C29H33N3O3/c1-19-11-13-26(22(4)16-19)34-15-14-32-25-9-7-6-8-24(25)31-29(32)23(5)30-28(33)18-35-27-17-20(2)10-12-21(27)3/h6-13,16-17,23H,14-15,18H2,1-5H3,(H,30,33). The van der Waals surface area contributed by atoms with Gasteiger partial charge in [0.05, 0.1) is 23.6 Å². The molecule has 0 aliphatic rings. The lowest BCUT2D eigenvalue weighted by molar-refractivity contribution is -0.123. The Kier molecular flexibility index (Phi) is 7.39. The highest BCUT2D eigenvalue weighted by molar-refractivity contribution is 5.79. The van der Waals surface area contributed by atoms with E-state index in [0.29, 0.717) is 13.2 Å². The Balaban J connectivity index is 1.45. The number of amides is 1. The Morgan fingerprint density at radius 1 is 0.914 bits per heavy atom. The zero-order valence-corrected chi connectivity index (χ0v) is 21.1. The first-order valence-electron chi connectivity index (χ1n) is 12.0. The zero-order chi connectivity index (χ0) is 24.9. The number of aromatic nitrogens is 2. The van der Waals surface area contributed by atoms with Gasteiger partial charge in [-0.1, -0.05) is 42.0 Å². The molecule has 182 valence electrons. The van der Waals surface area contributed by atoms with E-state index in [9.17, 15) is 4.79 Å². The first kappa shape index (κ1) is 24.3. The average Bonchev–Trinajstić information content (AvgIpc) is 3.20. The molecule has 1 aromatic heterocycles. The van der Waals surface area contributed by atoms with Gasteiger partial charge in [0, 0.05) is 0 Å². The van der Waals surface area contributed by atoms with Gasteiger partial charge in [-0.15, -0.1) is 0 Å². The minimum Gasteiger partial charge on any atom is -0.491 e. The minimum absolute atomic E-state index is 0.0509. The van der Waals surface area contributed by atoms with Gasteiger partial charge in [-0.2, -0.15) is 0 Å². The number of ether oxygens (including phenoxy) is 2. The largest absolute Gasteiger partial charge is 0.491 e. The van der Waals surface area contributed by atoms with Gasteiger partial charge in [0.1, 0.15) is 23.9 Å². The number of nitrogens with one attached hydrogen (secondary N) is 1. The van der Waals surface area contributed by atoms with E-state index >= 15 is 0 Å². The van der Waals surface area contributed by atoms with E-state index in [2.05, 4.69) is 35.9 Å². The lowest BCUT2D eigenvalue weighted by atomic mass is 10.1. The van der Waals surface area contributed by atoms with Crippen molar-refractivity contribution in [1.82, 2.24) is 14.9 Å². The van der Waals surface area contributed by atoms with E-state index in [-0.39, 0.29) is 18.6 Å². The van der Waals surface area contributed by atoms with E-state index < -0.39 is 0 Å². The molecule has 3 aromatic carbocycles. The Morgan fingerprint density at radius 3 is 2.46 bits per heavy atom. The van der Waals surface area contributed by atoms with Gasteiger partial charge in [0.15, 0.2) is 6.61 Å². The molecule has 0 radical (unpaired) electrons. The summed E-state index contributed by atoms with van der Waals surface area (Å²) in [6, 6.07) is 19.8. The second-order valence-electron chi connectivity index (χ2n) is 9.07. The molecular weight excluding hydrogens is 438 g/mol. The number of rotatable bonds is 9. The van der Waals surface area contributed by atoms with Gasteiger partial charge in [0.25, 0.3) is 5.91 Å². The maximum atomic E-state index is 12.7. The number of hydrogen-bond acceptors (Lipinski definition) is 4. The topological polar surface area (TPSA) is 65.4 Å². The minimum atomic E-state index is -0.293. The van der Waals surface area contributed by atoms with Crippen molar-refractivity contribution in [2.24, 2.45) is 0 Å². The van der Waals surface area contributed by atoms with Crippen molar-refractivity contribution in [3.8, 4) is 11.5 Å². The first-order valence-corrected chi connectivity index (χ1v) is 12.0. The molecule has 0 fully saturated rings. The Labute approximate surface area is 206 Å². The van der Waals surface area contributed by atoms with Gasteiger partial charge < -0.3 is 19.4 Å². The SMILES string of the molecule is Cc1ccc(OCCn2c(C(C)NC(=O)COc3cc(C)ccc3C)nc3ccccc32)c(C)c1.